The van der Waals surface area contributed by atoms with Crippen molar-refractivity contribution in [1.82, 2.24) is 5.32 Å². The van der Waals surface area contributed by atoms with Crippen molar-refractivity contribution in [2.24, 2.45) is 0 Å². The van der Waals surface area contributed by atoms with Gasteiger partial charge in [-0.1, -0.05) is 24.3 Å². The number of hydrogen-bond donors (Lipinski definition) is 3. The van der Waals surface area contributed by atoms with Crippen molar-refractivity contribution >= 4 is 11.9 Å². The van der Waals surface area contributed by atoms with E-state index in [1.165, 1.54) is 20.1 Å². The molecule has 0 aliphatic rings. The number of nitrogens with zero attached hydrogens (tertiary/aromatic N) is 1. The lowest BCUT2D eigenvalue weighted by atomic mass is 9.87. The fraction of sp³-hybridized carbons (Fsp3) is 0.296. The van der Waals surface area contributed by atoms with Crippen LogP contribution in [-0.4, -0.2) is 55.7 Å². The highest BCUT2D eigenvalue weighted by molar-refractivity contribution is 5.96. The van der Waals surface area contributed by atoms with Gasteiger partial charge in [0.25, 0.3) is 0 Å². The molecule has 2 aromatic carbocycles. The molecule has 196 valence electrons. The van der Waals surface area contributed by atoms with Gasteiger partial charge in [-0.2, -0.15) is 0 Å². The van der Waals surface area contributed by atoms with E-state index in [1.54, 1.807) is 21.1 Å². The first-order valence-corrected chi connectivity index (χ1v) is 11.5. The highest BCUT2D eigenvalue weighted by atomic mass is 16.5. The third-order valence-corrected chi connectivity index (χ3v) is 5.87. The van der Waals surface area contributed by atoms with Gasteiger partial charge >= 0.3 is 17.6 Å². The SMILES string of the molecule is COc1cccc(C(c2cccc(OC)c2)[C@H](C)OC(=O)[C@H](C)NC(=O)c2c(O)c(OC)cc[n+]2O)c1. The smallest absolute Gasteiger partial charge is 0.366 e. The lowest BCUT2D eigenvalue weighted by molar-refractivity contribution is -0.906. The number of pyridine rings is 1. The van der Waals surface area contributed by atoms with Crippen molar-refractivity contribution < 1.29 is 43.6 Å². The number of methoxy groups -OCH3 is 3. The van der Waals surface area contributed by atoms with Gasteiger partial charge in [-0.25, -0.2) is 4.79 Å². The van der Waals surface area contributed by atoms with Gasteiger partial charge in [0.15, 0.2) is 5.75 Å². The number of carbonyl (C=O) groups excluding carboxylic acids is 2. The maximum atomic E-state index is 13.0. The van der Waals surface area contributed by atoms with E-state index in [-0.39, 0.29) is 11.7 Å². The van der Waals surface area contributed by atoms with Crippen LogP contribution in [0.4, 0.5) is 0 Å². The molecular weight excluding hydrogens is 480 g/mol. The van der Waals surface area contributed by atoms with Crippen LogP contribution in [0.3, 0.4) is 0 Å². The number of hydrogen-bond acceptors (Lipinski definition) is 8. The molecule has 3 N–H and O–H groups in total. The fourth-order valence-corrected chi connectivity index (χ4v) is 3.97. The average Bonchev–Trinajstić information content (AvgIpc) is 2.89. The summed E-state index contributed by atoms with van der Waals surface area (Å²) in [4.78, 5) is 25.7. The van der Waals surface area contributed by atoms with Crippen LogP contribution in [-0.2, 0) is 9.53 Å². The van der Waals surface area contributed by atoms with Crippen molar-refractivity contribution in [3.8, 4) is 23.0 Å². The fourth-order valence-electron chi connectivity index (χ4n) is 3.97. The van der Waals surface area contributed by atoms with Crippen LogP contribution in [0.1, 0.15) is 41.4 Å². The summed E-state index contributed by atoms with van der Waals surface area (Å²) in [7, 11) is 4.45. The number of rotatable bonds is 10. The molecule has 10 nitrogen and oxygen atoms in total. The molecule has 0 aliphatic heterocycles. The molecule has 3 aromatic rings. The zero-order valence-corrected chi connectivity index (χ0v) is 21.3. The first-order valence-electron chi connectivity index (χ1n) is 11.5. The van der Waals surface area contributed by atoms with Crippen molar-refractivity contribution in [3.63, 3.8) is 0 Å². The Morgan fingerprint density at radius 2 is 1.46 bits per heavy atom. The zero-order valence-electron chi connectivity index (χ0n) is 21.3. The van der Waals surface area contributed by atoms with Crippen LogP contribution in [0.2, 0.25) is 0 Å². The summed E-state index contributed by atoms with van der Waals surface area (Å²) < 4.78 is 21.9. The zero-order chi connectivity index (χ0) is 27.1. The molecule has 37 heavy (non-hydrogen) atoms. The number of carbonyl (C=O) groups is 2. The van der Waals surface area contributed by atoms with Crippen LogP contribution >= 0.6 is 0 Å². The monoisotopic (exact) mass is 511 g/mol. The molecule has 1 heterocycles. The number of nitrogens with one attached hydrogen (secondary N) is 1. The van der Waals surface area contributed by atoms with E-state index in [0.29, 0.717) is 16.2 Å². The molecule has 0 aliphatic carbocycles. The molecule has 0 bridgehead atoms. The molecule has 10 heteroatoms. The second-order valence-corrected chi connectivity index (χ2v) is 8.29. The van der Waals surface area contributed by atoms with Crippen LogP contribution in [0.5, 0.6) is 23.0 Å². The van der Waals surface area contributed by atoms with E-state index in [4.69, 9.17) is 18.9 Å². The number of ether oxygens (including phenoxy) is 4. The predicted octanol–water partition coefficient (Wildman–Crippen LogP) is 2.82. The minimum absolute atomic E-state index is 0.0151. The third kappa shape index (κ3) is 6.21. The molecule has 1 amide bonds. The maximum Gasteiger partial charge on any atom is 0.366 e. The van der Waals surface area contributed by atoms with Crippen molar-refractivity contribution in [1.29, 1.82) is 0 Å². The molecule has 0 fully saturated rings. The highest BCUT2D eigenvalue weighted by Gasteiger charge is 2.33. The number of esters is 1. The van der Waals surface area contributed by atoms with Crippen LogP contribution < -0.4 is 24.3 Å². The second-order valence-electron chi connectivity index (χ2n) is 8.29. The van der Waals surface area contributed by atoms with Crippen molar-refractivity contribution in [3.05, 3.63) is 77.6 Å². The lowest BCUT2D eigenvalue weighted by Gasteiger charge is -2.27. The molecule has 2 atom stereocenters. The largest absolute Gasteiger partial charge is 0.499 e. The number of benzene rings is 2. The van der Waals surface area contributed by atoms with Crippen LogP contribution in [0.25, 0.3) is 0 Å². The van der Waals surface area contributed by atoms with E-state index >= 15 is 0 Å². The Morgan fingerprint density at radius 3 is 1.97 bits per heavy atom. The number of aromatic nitrogens is 1. The summed E-state index contributed by atoms with van der Waals surface area (Å²) in [6.07, 6.45) is 0.477. The van der Waals surface area contributed by atoms with Gasteiger partial charge in [-0.15, -0.1) is 0 Å². The molecular formula is C27H31N2O8+. The average molecular weight is 512 g/mol. The van der Waals surface area contributed by atoms with Crippen molar-refractivity contribution in [2.45, 2.75) is 31.9 Å². The standard InChI is InChI=1S/C27H30N2O8/c1-16(28-26(31)24-25(30)22(36-5)12-13-29(24)33)27(32)37-17(2)23(18-8-6-10-20(14-18)34-3)19-9-7-11-21(15-19)35-4/h6-17,23H,1-5H3,(H2-,28,30,31,33)/p+1/t16-,17-/m0/s1. The van der Waals surface area contributed by atoms with Gasteiger partial charge < -0.3 is 29.4 Å². The lowest BCUT2D eigenvalue weighted by Crippen LogP contribution is -2.47. The Labute approximate surface area is 214 Å². The summed E-state index contributed by atoms with van der Waals surface area (Å²) in [5.74, 6) is -1.26. The van der Waals surface area contributed by atoms with Crippen molar-refractivity contribution in [2.75, 3.05) is 21.3 Å². The van der Waals surface area contributed by atoms with Crippen LogP contribution in [0.15, 0.2) is 60.8 Å². The molecule has 0 radical (unpaired) electrons. The van der Waals surface area contributed by atoms with Gasteiger partial charge in [0, 0.05) is 10.6 Å². The summed E-state index contributed by atoms with van der Waals surface area (Å²) in [6, 6.07) is 15.1. The second kappa shape index (κ2) is 12.0. The predicted molar refractivity (Wildman–Crippen MR) is 132 cm³/mol. The van der Waals surface area contributed by atoms with E-state index in [0.717, 1.165) is 17.3 Å². The quantitative estimate of drug-likeness (QED) is 0.215. The maximum absolute atomic E-state index is 13.0. The summed E-state index contributed by atoms with van der Waals surface area (Å²) >= 11 is 0. The normalized spacial score (nSPS) is 12.4. The summed E-state index contributed by atoms with van der Waals surface area (Å²) in [5, 5.41) is 22.7. The number of amides is 1. The Morgan fingerprint density at radius 1 is 0.892 bits per heavy atom. The van der Waals surface area contributed by atoms with Crippen LogP contribution in [0, 0.1) is 0 Å². The number of aromatic hydroxyl groups is 1. The minimum Gasteiger partial charge on any atom is -0.499 e. The Hall–Kier alpha value is -4.47. The van der Waals surface area contributed by atoms with Gasteiger partial charge in [0.2, 0.25) is 11.9 Å². The van der Waals surface area contributed by atoms with E-state index in [1.807, 2.05) is 48.5 Å². The molecule has 1 aromatic heterocycles. The van der Waals surface area contributed by atoms with Gasteiger partial charge in [0.1, 0.15) is 23.6 Å². The molecule has 0 spiro atoms. The van der Waals surface area contributed by atoms with Gasteiger partial charge in [-0.3, -0.25) is 10.0 Å². The highest BCUT2D eigenvalue weighted by Crippen LogP contribution is 2.33. The summed E-state index contributed by atoms with van der Waals surface area (Å²) in [5.41, 5.74) is 1.22. The van der Waals surface area contributed by atoms with Gasteiger partial charge in [-0.05, 0) is 49.2 Å². The Kier molecular flexibility index (Phi) is 8.78. The van der Waals surface area contributed by atoms with Gasteiger partial charge in [0.05, 0.1) is 27.4 Å². The van der Waals surface area contributed by atoms with E-state index < -0.39 is 35.5 Å². The molecule has 3 rings (SSSR count). The molecule has 0 saturated carbocycles. The third-order valence-electron chi connectivity index (χ3n) is 5.87. The van der Waals surface area contributed by atoms with E-state index in [2.05, 4.69) is 5.32 Å². The first-order chi connectivity index (χ1) is 17.7. The molecule has 0 unspecified atom stereocenters. The molecule has 0 saturated heterocycles. The first kappa shape index (κ1) is 27.1. The van der Waals surface area contributed by atoms with E-state index in [9.17, 15) is 19.9 Å². The topological polar surface area (TPSA) is 127 Å². The Bertz CT molecular complexity index is 1220. The summed E-state index contributed by atoms with van der Waals surface area (Å²) in [6.45, 7) is 3.20. The Balaban J connectivity index is 1.83. The minimum atomic E-state index is -1.10.